The molecule has 1 aromatic carbocycles. The molecule has 0 bridgehead atoms. The molecule has 1 aliphatic rings. The first-order valence-corrected chi connectivity index (χ1v) is 8.98. The molecule has 0 aliphatic carbocycles. The summed E-state index contributed by atoms with van der Waals surface area (Å²) < 4.78 is 27.4. The summed E-state index contributed by atoms with van der Waals surface area (Å²) >= 11 is 0. The van der Waals surface area contributed by atoms with E-state index in [-0.39, 0.29) is 10.8 Å². The number of carbonyl (C=O) groups is 1. The Morgan fingerprint density at radius 2 is 2.18 bits per heavy atom. The highest BCUT2D eigenvalue weighted by Crippen LogP contribution is 2.16. The summed E-state index contributed by atoms with van der Waals surface area (Å²) in [7, 11) is -2.07. The molecule has 1 fully saturated rings. The second-order valence-electron chi connectivity index (χ2n) is 5.51. The molecule has 122 valence electrons. The molecular weight excluding hydrogens is 302 g/mol. The molecule has 0 spiro atoms. The fourth-order valence-electron chi connectivity index (χ4n) is 2.63. The summed E-state index contributed by atoms with van der Waals surface area (Å²) in [5.41, 5.74) is 0.336. The van der Waals surface area contributed by atoms with Gasteiger partial charge in [-0.05, 0) is 43.6 Å². The van der Waals surface area contributed by atoms with Gasteiger partial charge in [0.1, 0.15) is 0 Å². The van der Waals surface area contributed by atoms with E-state index >= 15 is 0 Å². The van der Waals surface area contributed by atoms with Crippen LogP contribution in [0.2, 0.25) is 0 Å². The van der Waals surface area contributed by atoms with Crippen molar-refractivity contribution in [3.8, 4) is 0 Å². The average Bonchev–Trinajstić information content (AvgIpc) is 3.00. The van der Waals surface area contributed by atoms with Crippen molar-refractivity contribution in [2.45, 2.75) is 18.2 Å². The predicted molar refractivity (Wildman–Crippen MR) is 85.2 cm³/mol. The molecule has 1 saturated heterocycles. The fraction of sp³-hybridized carbons (Fsp3) is 0.533. The number of sulfonamides is 1. The largest absolute Gasteiger partial charge is 0.355 e. The molecule has 1 heterocycles. The molecule has 22 heavy (non-hydrogen) atoms. The minimum Gasteiger partial charge on any atom is -0.355 e. The lowest BCUT2D eigenvalue weighted by Crippen LogP contribution is -2.31. The number of carbonyl (C=O) groups excluding carboxylic acids is 1. The van der Waals surface area contributed by atoms with Crippen LogP contribution in [0, 0.1) is 5.92 Å². The van der Waals surface area contributed by atoms with Gasteiger partial charge in [0.05, 0.1) is 4.90 Å². The lowest BCUT2D eigenvalue weighted by Gasteiger charge is -2.14. The molecule has 0 unspecified atom stereocenters. The van der Waals surface area contributed by atoms with E-state index in [0.717, 1.165) is 26.1 Å². The van der Waals surface area contributed by atoms with E-state index in [0.29, 0.717) is 18.0 Å². The minimum atomic E-state index is -3.58. The van der Waals surface area contributed by atoms with Crippen molar-refractivity contribution in [1.82, 2.24) is 14.9 Å². The number of likely N-dealkylation sites (tertiary alicyclic amines) is 1. The maximum absolute atomic E-state index is 12.3. The van der Waals surface area contributed by atoms with E-state index in [2.05, 4.69) is 21.9 Å². The van der Waals surface area contributed by atoms with Crippen molar-refractivity contribution in [1.29, 1.82) is 0 Å². The summed E-state index contributed by atoms with van der Waals surface area (Å²) in [4.78, 5) is 14.0. The van der Waals surface area contributed by atoms with Crippen molar-refractivity contribution in [2.24, 2.45) is 5.92 Å². The van der Waals surface area contributed by atoms with Gasteiger partial charge in [0.15, 0.2) is 0 Å². The SMILES string of the molecule is CCN1CC[C@@H](CNS(=O)(=O)c2cccc(C(=O)NC)c2)C1. The van der Waals surface area contributed by atoms with Gasteiger partial charge in [-0.3, -0.25) is 4.79 Å². The molecule has 2 N–H and O–H groups in total. The zero-order valence-corrected chi connectivity index (χ0v) is 13.8. The summed E-state index contributed by atoms with van der Waals surface area (Å²) in [6.07, 6.45) is 1.01. The Morgan fingerprint density at radius 3 is 2.82 bits per heavy atom. The van der Waals surface area contributed by atoms with Crippen LogP contribution in [-0.2, 0) is 10.0 Å². The van der Waals surface area contributed by atoms with Crippen LogP contribution in [0.25, 0.3) is 0 Å². The quantitative estimate of drug-likeness (QED) is 0.806. The zero-order chi connectivity index (χ0) is 16.2. The van der Waals surface area contributed by atoms with Gasteiger partial charge in [-0.25, -0.2) is 13.1 Å². The Hall–Kier alpha value is -1.44. The topological polar surface area (TPSA) is 78.5 Å². The van der Waals surface area contributed by atoms with Gasteiger partial charge < -0.3 is 10.2 Å². The molecule has 0 saturated carbocycles. The normalized spacial score (nSPS) is 19.3. The fourth-order valence-corrected chi connectivity index (χ4v) is 3.79. The first-order valence-electron chi connectivity index (χ1n) is 7.50. The van der Waals surface area contributed by atoms with Gasteiger partial charge in [0.2, 0.25) is 10.0 Å². The van der Waals surface area contributed by atoms with E-state index in [4.69, 9.17) is 0 Å². The molecule has 1 atom stereocenters. The summed E-state index contributed by atoms with van der Waals surface area (Å²) in [6, 6.07) is 6.07. The minimum absolute atomic E-state index is 0.124. The van der Waals surface area contributed by atoms with Gasteiger partial charge in [0, 0.05) is 25.7 Å². The van der Waals surface area contributed by atoms with Gasteiger partial charge in [0.25, 0.3) is 5.91 Å². The molecule has 0 aromatic heterocycles. The summed E-state index contributed by atoms with van der Waals surface area (Å²) in [5, 5.41) is 2.49. The molecule has 1 aromatic rings. The Bertz CT molecular complexity index is 631. The van der Waals surface area contributed by atoms with Crippen molar-refractivity contribution in [2.75, 3.05) is 33.2 Å². The Morgan fingerprint density at radius 1 is 1.41 bits per heavy atom. The van der Waals surface area contributed by atoms with E-state index in [1.165, 1.54) is 19.2 Å². The Balaban J connectivity index is 2.03. The maximum atomic E-state index is 12.3. The van der Waals surface area contributed by atoms with Gasteiger partial charge in [-0.1, -0.05) is 13.0 Å². The van der Waals surface area contributed by atoms with Crippen molar-refractivity contribution >= 4 is 15.9 Å². The molecule has 6 nitrogen and oxygen atoms in total. The van der Waals surface area contributed by atoms with Crippen LogP contribution in [-0.4, -0.2) is 52.5 Å². The zero-order valence-electron chi connectivity index (χ0n) is 13.0. The number of nitrogens with one attached hydrogen (secondary N) is 2. The number of rotatable bonds is 6. The molecule has 7 heteroatoms. The molecule has 1 aliphatic heterocycles. The first kappa shape index (κ1) is 16.9. The number of nitrogens with zero attached hydrogens (tertiary/aromatic N) is 1. The Labute approximate surface area is 131 Å². The third-order valence-corrected chi connectivity index (χ3v) is 5.43. The van der Waals surface area contributed by atoms with Crippen molar-refractivity contribution < 1.29 is 13.2 Å². The number of benzene rings is 1. The smallest absolute Gasteiger partial charge is 0.251 e. The van der Waals surface area contributed by atoms with E-state index in [1.807, 2.05) is 0 Å². The highest BCUT2D eigenvalue weighted by atomic mass is 32.2. The van der Waals surface area contributed by atoms with Crippen molar-refractivity contribution in [3.63, 3.8) is 0 Å². The van der Waals surface area contributed by atoms with E-state index in [9.17, 15) is 13.2 Å². The molecule has 2 rings (SSSR count). The second kappa shape index (κ2) is 7.21. The second-order valence-corrected chi connectivity index (χ2v) is 7.27. The van der Waals surface area contributed by atoms with Crippen LogP contribution in [0.4, 0.5) is 0 Å². The molecular formula is C15H23N3O3S. The van der Waals surface area contributed by atoms with E-state index in [1.54, 1.807) is 12.1 Å². The number of hydrogen-bond donors (Lipinski definition) is 2. The lowest BCUT2D eigenvalue weighted by molar-refractivity contribution is 0.0963. The number of hydrogen-bond acceptors (Lipinski definition) is 4. The van der Waals surface area contributed by atoms with Crippen LogP contribution < -0.4 is 10.0 Å². The van der Waals surface area contributed by atoms with Crippen molar-refractivity contribution in [3.05, 3.63) is 29.8 Å². The van der Waals surface area contributed by atoms with Gasteiger partial charge in [-0.2, -0.15) is 0 Å². The monoisotopic (exact) mass is 325 g/mol. The van der Waals surface area contributed by atoms with Crippen LogP contribution >= 0.6 is 0 Å². The van der Waals surface area contributed by atoms with Crippen LogP contribution in [0.3, 0.4) is 0 Å². The highest BCUT2D eigenvalue weighted by Gasteiger charge is 2.23. The predicted octanol–water partition coefficient (Wildman–Crippen LogP) is 0.666. The average molecular weight is 325 g/mol. The van der Waals surface area contributed by atoms with Crippen LogP contribution in [0.15, 0.2) is 29.2 Å². The van der Waals surface area contributed by atoms with E-state index < -0.39 is 10.0 Å². The standard InChI is InChI=1S/C15H23N3O3S/c1-3-18-8-7-12(11-18)10-17-22(20,21)14-6-4-5-13(9-14)15(19)16-2/h4-6,9,12,17H,3,7-8,10-11H2,1-2H3,(H,16,19)/t12-/m0/s1. The first-order chi connectivity index (χ1) is 10.5. The van der Waals surface area contributed by atoms with Gasteiger partial charge in [-0.15, -0.1) is 0 Å². The Kier molecular flexibility index (Phi) is 5.55. The summed E-state index contributed by atoms with van der Waals surface area (Å²) in [6.45, 7) is 5.49. The maximum Gasteiger partial charge on any atom is 0.251 e. The van der Waals surface area contributed by atoms with Crippen LogP contribution in [0.1, 0.15) is 23.7 Å². The van der Waals surface area contributed by atoms with Gasteiger partial charge >= 0.3 is 0 Å². The molecule has 1 amide bonds. The third kappa shape index (κ3) is 4.06. The lowest BCUT2D eigenvalue weighted by atomic mass is 10.1. The highest BCUT2D eigenvalue weighted by molar-refractivity contribution is 7.89. The van der Waals surface area contributed by atoms with Crippen LogP contribution in [0.5, 0.6) is 0 Å². The summed E-state index contributed by atoms with van der Waals surface area (Å²) in [5.74, 6) is 0.0447. The molecule has 0 radical (unpaired) electrons. The third-order valence-electron chi connectivity index (χ3n) is 4.01. The number of amides is 1.